The quantitative estimate of drug-likeness (QED) is 0.563. The average molecular weight is 516 g/mol. The Bertz CT molecular complexity index is 1120. The number of hydrogen-bond acceptors (Lipinski definition) is 4. The van der Waals surface area contributed by atoms with Crippen LogP contribution in [0.3, 0.4) is 0 Å². The summed E-state index contributed by atoms with van der Waals surface area (Å²) < 4.78 is 44.3. The zero-order chi connectivity index (χ0) is 26.2. The Kier molecular flexibility index (Phi) is 6.91. The molecule has 1 saturated carbocycles. The van der Waals surface area contributed by atoms with E-state index < -0.39 is 23.2 Å². The van der Waals surface area contributed by atoms with Gasteiger partial charge in [0.15, 0.2) is 0 Å². The monoisotopic (exact) mass is 515 g/mol. The summed E-state index contributed by atoms with van der Waals surface area (Å²) in [6.07, 6.45) is -0.937. The van der Waals surface area contributed by atoms with Gasteiger partial charge in [0.05, 0.1) is 18.1 Å². The molecule has 2 N–H and O–H groups in total. The minimum absolute atomic E-state index is 0.0125. The van der Waals surface area contributed by atoms with Crippen molar-refractivity contribution in [2.45, 2.75) is 55.8 Å². The molecular formula is C28H32F3N3O3. The van der Waals surface area contributed by atoms with Crippen LogP contribution in [0.25, 0.3) is 0 Å². The third kappa shape index (κ3) is 5.46. The summed E-state index contributed by atoms with van der Waals surface area (Å²) >= 11 is 0. The molecule has 2 aromatic carbocycles. The van der Waals surface area contributed by atoms with Crippen molar-refractivity contribution < 1.29 is 27.5 Å². The SMILES string of the molecule is COc1ccc(C2(C(=O)NC(Cc3ccc(C(F)(F)F)cc3)C(=O)NC3CN4CCC3CC4)CC2)cc1. The molecule has 9 heteroatoms. The molecule has 6 rings (SSSR count). The Labute approximate surface area is 214 Å². The van der Waals surface area contributed by atoms with Crippen molar-refractivity contribution in [3.05, 3.63) is 65.2 Å². The van der Waals surface area contributed by atoms with Gasteiger partial charge in [-0.3, -0.25) is 9.59 Å². The van der Waals surface area contributed by atoms with E-state index in [0.717, 1.165) is 50.2 Å². The van der Waals surface area contributed by atoms with Gasteiger partial charge in [-0.15, -0.1) is 0 Å². The fourth-order valence-electron chi connectivity index (χ4n) is 5.66. The van der Waals surface area contributed by atoms with E-state index in [4.69, 9.17) is 4.74 Å². The number of amides is 2. The van der Waals surface area contributed by atoms with E-state index in [2.05, 4.69) is 15.5 Å². The van der Waals surface area contributed by atoms with Gasteiger partial charge in [-0.05, 0) is 80.1 Å². The molecule has 3 aliphatic heterocycles. The summed E-state index contributed by atoms with van der Waals surface area (Å²) in [5, 5.41) is 6.10. The first kappa shape index (κ1) is 25.6. The molecule has 4 fully saturated rings. The highest BCUT2D eigenvalue weighted by molar-refractivity contribution is 5.95. The van der Waals surface area contributed by atoms with Crippen LogP contribution in [-0.2, 0) is 27.6 Å². The topological polar surface area (TPSA) is 70.7 Å². The van der Waals surface area contributed by atoms with Gasteiger partial charge in [-0.2, -0.15) is 13.2 Å². The average Bonchev–Trinajstić information content (AvgIpc) is 3.71. The first-order chi connectivity index (χ1) is 17.7. The minimum atomic E-state index is -4.43. The van der Waals surface area contributed by atoms with E-state index in [-0.39, 0.29) is 24.3 Å². The number of methoxy groups -OCH3 is 1. The Hall–Kier alpha value is -3.07. The smallest absolute Gasteiger partial charge is 0.416 e. The number of fused-ring (bicyclic) bond motifs is 3. The maximum absolute atomic E-state index is 13.5. The van der Waals surface area contributed by atoms with Crippen LogP contribution in [-0.4, -0.2) is 55.5 Å². The van der Waals surface area contributed by atoms with Crippen LogP contribution in [0.1, 0.15) is 42.4 Å². The van der Waals surface area contributed by atoms with Crippen molar-refractivity contribution in [3.8, 4) is 5.75 Å². The molecule has 6 nitrogen and oxygen atoms in total. The third-order valence-corrected chi connectivity index (χ3v) is 8.15. The largest absolute Gasteiger partial charge is 0.497 e. The lowest BCUT2D eigenvalue weighted by molar-refractivity contribution is -0.137. The Morgan fingerprint density at radius 2 is 1.70 bits per heavy atom. The number of rotatable bonds is 8. The fraction of sp³-hybridized carbons (Fsp3) is 0.500. The predicted molar refractivity (Wildman–Crippen MR) is 132 cm³/mol. The number of nitrogens with one attached hydrogen (secondary N) is 2. The molecule has 0 aromatic heterocycles. The molecule has 3 heterocycles. The Morgan fingerprint density at radius 1 is 1.05 bits per heavy atom. The highest BCUT2D eigenvalue weighted by Crippen LogP contribution is 2.48. The van der Waals surface area contributed by atoms with E-state index in [0.29, 0.717) is 30.1 Å². The van der Waals surface area contributed by atoms with Crippen LogP contribution in [0.15, 0.2) is 48.5 Å². The Morgan fingerprint density at radius 3 is 2.22 bits per heavy atom. The number of piperidine rings is 3. The molecule has 3 saturated heterocycles. The maximum Gasteiger partial charge on any atom is 0.416 e. The Balaban J connectivity index is 1.33. The van der Waals surface area contributed by atoms with Crippen LogP contribution in [0.2, 0.25) is 0 Å². The number of benzene rings is 2. The van der Waals surface area contributed by atoms with Gasteiger partial charge < -0.3 is 20.3 Å². The van der Waals surface area contributed by atoms with E-state index in [1.165, 1.54) is 12.1 Å². The number of alkyl halides is 3. The van der Waals surface area contributed by atoms with Crippen LogP contribution in [0.4, 0.5) is 13.2 Å². The summed E-state index contributed by atoms with van der Waals surface area (Å²) in [5.41, 5.74) is -0.0425. The summed E-state index contributed by atoms with van der Waals surface area (Å²) in [4.78, 5) is 29.3. The summed E-state index contributed by atoms with van der Waals surface area (Å²) in [7, 11) is 1.58. The molecule has 2 unspecified atom stereocenters. The van der Waals surface area contributed by atoms with E-state index in [1.807, 2.05) is 24.3 Å². The van der Waals surface area contributed by atoms with Crippen LogP contribution in [0.5, 0.6) is 5.75 Å². The minimum Gasteiger partial charge on any atom is -0.497 e. The zero-order valence-electron chi connectivity index (χ0n) is 20.8. The maximum atomic E-state index is 13.5. The highest BCUT2D eigenvalue weighted by Gasteiger charge is 2.52. The number of carbonyl (C=O) groups is 2. The van der Waals surface area contributed by atoms with Crippen molar-refractivity contribution in [3.63, 3.8) is 0 Å². The van der Waals surface area contributed by atoms with Gasteiger partial charge >= 0.3 is 6.18 Å². The van der Waals surface area contributed by atoms with Crippen LogP contribution >= 0.6 is 0 Å². The number of nitrogens with zero attached hydrogens (tertiary/aromatic N) is 1. The lowest BCUT2D eigenvalue weighted by atomic mass is 9.84. The molecule has 0 spiro atoms. The van der Waals surface area contributed by atoms with Crippen molar-refractivity contribution in [1.82, 2.24) is 15.5 Å². The molecule has 198 valence electrons. The van der Waals surface area contributed by atoms with E-state index in [9.17, 15) is 22.8 Å². The summed E-state index contributed by atoms with van der Waals surface area (Å²) in [6.45, 7) is 2.85. The molecule has 0 radical (unpaired) electrons. The lowest BCUT2D eigenvalue weighted by Gasteiger charge is -2.45. The van der Waals surface area contributed by atoms with Gasteiger partial charge in [-0.25, -0.2) is 0 Å². The number of halogens is 3. The van der Waals surface area contributed by atoms with Crippen molar-refractivity contribution in [1.29, 1.82) is 0 Å². The molecule has 1 aliphatic carbocycles. The molecule has 2 bridgehead atoms. The van der Waals surface area contributed by atoms with Crippen molar-refractivity contribution >= 4 is 11.8 Å². The van der Waals surface area contributed by atoms with Crippen molar-refractivity contribution in [2.24, 2.45) is 5.92 Å². The van der Waals surface area contributed by atoms with E-state index >= 15 is 0 Å². The van der Waals surface area contributed by atoms with Gasteiger partial charge in [0.2, 0.25) is 11.8 Å². The second-order valence-electron chi connectivity index (χ2n) is 10.5. The molecule has 37 heavy (non-hydrogen) atoms. The molecule has 2 atom stereocenters. The standard InChI is InChI=1S/C28H32F3N3O3/c1-37-22-8-6-20(7-9-22)27(12-13-27)26(36)33-23(16-18-2-4-21(5-3-18)28(29,30)31)25(35)32-24-17-34-14-10-19(24)11-15-34/h2-9,19,23-24H,10-17H2,1H3,(H,32,35)(H,33,36). The number of hydrogen-bond donors (Lipinski definition) is 2. The number of ether oxygens (including phenoxy) is 1. The molecule has 2 amide bonds. The fourth-order valence-corrected chi connectivity index (χ4v) is 5.66. The van der Waals surface area contributed by atoms with Gasteiger partial charge in [-0.1, -0.05) is 24.3 Å². The first-order valence-corrected chi connectivity index (χ1v) is 12.8. The lowest BCUT2D eigenvalue weighted by Crippen LogP contribution is -2.60. The normalized spacial score (nSPS) is 24.7. The second kappa shape index (κ2) is 10.0. The van der Waals surface area contributed by atoms with Crippen molar-refractivity contribution in [2.75, 3.05) is 26.7 Å². The predicted octanol–water partition coefficient (Wildman–Crippen LogP) is 3.68. The number of carbonyl (C=O) groups excluding carboxylic acids is 2. The second-order valence-corrected chi connectivity index (χ2v) is 10.5. The van der Waals surface area contributed by atoms with Gasteiger partial charge in [0.25, 0.3) is 0 Å². The van der Waals surface area contributed by atoms with Crippen LogP contribution < -0.4 is 15.4 Å². The first-order valence-electron chi connectivity index (χ1n) is 12.8. The molecule has 4 aliphatic rings. The zero-order valence-corrected chi connectivity index (χ0v) is 20.8. The van der Waals surface area contributed by atoms with Gasteiger partial charge in [0, 0.05) is 19.0 Å². The highest BCUT2D eigenvalue weighted by atomic mass is 19.4. The summed E-state index contributed by atoms with van der Waals surface area (Å²) in [6, 6.07) is 11.2. The summed E-state index contributed by atoms with van der Waals surface area (Å²) in [5.74, 6) is 0.568. The van der Waals surface area contributed by atoms with Gasteiger partial charge in [0.1, 0.15) is 11.8 Å². The molecular weight excluding hydrogens is 483 g/mol. The molecule has 2 aromatic rings. The third-order valence-electron chi connectivity index (χ3n) is 8.15. The van der Waals surface area contributed by atoms with Crippen LogP contribution in [0, 0.1) is 5.92 Å². The van der Waals surface area contributed by atoms with E-state index in [1.54, 1.807) is 7.11 Å².